The molecule has 1 unspecified atom stereocenters. The first-order chi connectivity index (χ1) is 15.6. The molecule has 0 aliphatic carbocycles. The molecule has 0 bridgehead atoms. The van der Waals surface area contributed by atoms with Crippen LogP contribution < -0.4 is 14.2 Å². The van der Waals surface area contributed by atoms with Crippen molar-refractivity contribution in [3.05, 3.63) is 108 Å². The summed E-state index contributed by atoms with van der Waals surface area (Å²) in [5.41, 5.74) is 1.90. The third-order valence-electron chi connectivity index (χ3n) is 5.73. The number of rotatable bonds is 4. The van der Waals surface area contributed by atoms with Crippen molar-refractivity contribution >= 4 is 22.8 Å². The van der Waals surface area contributed by atoms with Crippen molar-refractivity contribution < 1.29 is 19.0 Å². The maximum Gasteiger partial charge on any atom is 0.308 e. The Hall–Kier alpha value is -4.05. The van der Waals surface area contributed by atoms with Gasteiger partial charge in [0.15, 0.2) is 17.1 Å². The lowest BCUT2D eigenvalue weighted by Crippen LogP contribution is -2.34. The van der Waals surface area contributed by atoms with Gasteiger partial charge in [0.25, 0.3) is 0 Å². The van der Waals surface area contributed by atoms with E-state index in [0.717, 1.165) is 33.2 Å². The first kappa shape index (κ1) is 19.9. The monoisotopic (exact) mass is 422 g/mol. The van der Waals surface area contributed by atoms with Crippen LogP contribution in [0.3, 0.4) is 0 Å². The van der Waals surface area contributed by atoms with Crippen LogP contribution in [-0.4, -0.2) is 13.1 Å². The summed E-state index contributed by atoms with van der Waals surface area (Å²) >= 11 is 0. The highest BCUT2D eigenvalue weighted by Gasteiger charge is 2.38. The summed E-state index contributed by atoms with van der Waals surface area (Å²) in [6.07, 6.45) is 4.13. The smallest absolute Gasteiger partial charge is 0.308 e. The van der Waals surface area contributed by atoms with Gasteiger partial charge in [-0.1, -0.05) is 66.7 Å². The van der Waals surface area contributed by atoms with Gasteiger partial charge in [0.1, 0.15) is 5.75 Å². The number of fused-ring (bicyclic) bond motifs is 3. The maximum atomic E-state index is 11.9. The van der Waals surface area contributed by atoms with E-state index in [-0.39, 0.29) is 0 Å². The molecule has 1 aliphatic heterocycles. The molecule has 5 rings (SSSR count). The van der Waals surface area contributed by atoms with E-state index in [4.69, 9.17) is 14.2 Å². The molecule has 0 N–H and O–H groups in total. The molecule has 0 aromatic heterocycles. The Morgan fingerprint density at radius 1 is 0.875 bits per heavy atom. The molecule has 0 saturated heterocycles. The van der Waals surface area contributed by atoms with Crippen molar-refractivity contribution in [2.24, 2.45) is 0 Å². The molecule has 0 saturated carbocycles. The van der Waals surface area contributed by atoms with Crippen molar-refractivity contribution in [1.82, 2.24) is 0 Å². The van der Waals surface area contributed by atoms with Crippen molar-refractivity contribution in [2.45, 2.75) is 12.5 Å². The average molecular weight is 422 g/mol. The Morgan fingerprint density at radius 3 is 2.28 bits per heavy atom. The zero-order valence-corrected chi connectivity index (χ0v) is 17.9. The summed E-state index contributed by atoms with van der Waals surface area (Å²) in [5, 5.41) is 2.01. The van der Waals surface area contributed by atoms with E-state index in [0.29, 0.717) is 11.5 Å². The first-order valence-corrected chi connectivity index (χ1v) is 10.4. The molecular weight excluding hydrogens is 400 g/mol. The van der Waals surface area contributed by atoms with Crippen molar-refractivity contribution in [3.63, 3.8) is 0 Å². The van der Waals surface area contributed by atoms with Crippen LogP contribution in [0.1, 0.15) is 23.6 Å². The van der Waals surface area contributed by atoms with Gasteiger partial charge in [-0.3, -0.25) is 4.79 Å². The third kappa shape index (κ3) is 3.30. The Bertz CT molecular complexity index is 1320. The van der Waals surface area contributed by atoms with Gasteiger partial charge in [-0.15, -0.1) is 0 Å². The molecule has 0 spiro atoms. The second-order valence-electron chi connectivity index (χ2n) is 7.70. The highest BCUT2D eigenvalue weighted by molar-refractivity contribution is 5.96. The lowest BCUT2D eigenvalue weighted by atomic mass is 9.83. The van der Waals surface area contributed by atoms with Gasteiger partial charge >= 0.3 is 5.97 Å². The summed E-state index contributed by atoms with van der Waals surface area (Å²) in [5.74, 6) is 1.32. The van der Waals surface area contributed by atoms with E-state index in [2.05, 4.69) is 12.2 Å². The summed E-state index contributed by atoms with van der Waals surface area (Å²) in [7, 11) is 1.64. The third-order valence-corrected chi connectivity index (χ3v) is 5.73. The highest BCUT2D eigenvalue weighted by Crippen LogP contribution is 2.48. The predicted octanol–water partition coefficient (Wildman–Crippen LogP) is 6.12. The standard InChI is InChI=1S/C28H22O4/c1-19(29)31-26-18-20-8-6-7-11-24(20)25-16-17-28(32-27(25)26,21-9-4-3-5-10-21)22-12-14-23(30-2)15-13-22/h3-18H,1-2H3. The molecule has 4 nitrogen and oxygen atoms in total. The molecule has 1 heterocycles. The summed E-state index contributed by atoms with van der Waals surface area (Å²) in [6.45, 7) is 1.40. The minimum Gasteiger partial charge on any atom is -0.497 e. The quantitative estimate of drug-likeness (QED) is 0.293. The van der Waals surface area contributed by atoms with Gasteiger partial charge in [-0.2, -0.15) is 0 Å². The topological polar surface area (TPSA) is 44.8 Å². The number of carbonyl (C=O) groups is 1. The molecule has 4 aromatic rings. The van der Waals surface area contributed by atoms with Crippen LogP contribution in [0, 0.1) is 0 Å². The van der Waals surface area contributed by atoms with E-state index in [1.807, 2.05) is 84.9 Å². The predicted molar refractivity (Wildman–Crippen MR) is 125 cm³/mol. The van der Waals surface area contributed by atoms with Crippen LogP contribution in [0.4, 0.5) is 0 Å². The van der Waals surface area contributed by atoms with Gasteiger partial charge in [0, 0.05) is 23.6 Å². The van der Waals surface area contributed by atoms with Crippen LogP contribution in [-0.2, 0) is 10.4 Å². The molecule has 4 aromatic carbocycles. The Balaban J connectivity index is 1.76. The van der Waals surface area contributed by atoms with E-state index in [1.54, 1.807) is 7.11 Å². The second-order valence-corrected chi connectivity index (χ2v) is 7.70. The van der Waals surface area contributed by atoms with Crippen molar-refractivity contribution in [1.29, 1.82) is 0 Å². The second kappa shape index (κ2) is 7.89. The molecule has 0 radical (unpaired) electrons. The number of hydrogen-bond donors (Lipinski definition) is 0. The van der Waals surface area contributed by atoms with E-state index in [1.165, 1.54) is 6.92 Å². The van der Waals surface area contributed by atoms with Crippen LogP contribution in [0.25, 0.3) is 16.8 Å². The van der Waals surface area contributed by atoms with Gasteiger partial charge in [-0.25, -0.2) is 0 Å². The average Bonchev–Trinajstić information content (AvgIpc) is 2.84. The number of carbonyl (C=O) groups excluding carboxylic acids is 1. The fraction of sp³-hybridized carbons (Fsp3) is 0.107. The Kier molecular flexibility index (Phi) is 4.91. The lowest BCUT2D eigenvalue weighted by molar-refractivity contribution is -0.132. The largest absolute Gasteiger partial charge is 0.497 e. The SMILES string of the molecule is COc1ccc(C2(c3ccccc3)C=Cc3c(c(OC(C)=O)cc4ccccc34)O2)cc1. The molecule has 4 heteroatoms. The minimum absolute atomic E-state index is 0.393. The summed E-state index contributed by atoms with van der Waals surface area (Å²) in [6, 6.07) is 27.7. The molecule has 0 fully saturated rings. The van der Waals surface area contributed by atoms with Crippen LogP contribution in [0.15, 0.2) is 91.0 Å². The highest BCUT2D eigenvalue weighted by atomic mass is 16.6. The first-order valence-electron chi connectivity index (χ1n) is 10.4. The van der Waals surface area contributed by atoms with Crippen molar-refractivity contribution in [2.75, 3.05) is 7.11 Å². The van der Waals surface area contributed by atoms with Gasteiger partial charge < -0.3 is 14.2 Å². The number of benzene rings is 4. The van der Waals surface area contributed by atoms with Crippen LogP contribution in [0.2, 0.25) is 0 Å². The number of hydrogen-bond acceptors (Lipinski definition) is 4. The molecule has 1 aliphatic rings. The Morgan fingerprint density at radius 2 is 1.56 bits per heavy atom. The summed E-state index contributed by atoms with van der Waals surface area (Å²) in [4.78, 5) is 11.9. The van der Waals surface area contributed by atoms with E-state index < -0.39 is 11.6 Å². The normalized spacial score (nSPS) is 16.8. The molecular formula is C28H22O4. The minimum atomic E-state index is -0.891. The fourth-order valence-corrected chi connectivity index (χ4v) is 4.23. The zero-order chi connectivity index (χ0) is 22.1. The number of methoxy groups -OCH3 is 1. The Labute approximate surface area is 186 Å². The fourth-order valence-electron chi connectivity index (χ4n) is 4.23. The van der Waals surface area contributed by atoms with Gasteiger partial charge in [0.2, 0.25) is 0 Å². The summed E-state index contributed by atoms with van der Waals surface area (Å²) < 4.78 is 17.8. The number of esters is 1. The van der Waals surface area contributed by atoms with E-state index in [9.17, 15) is 4.79 Å². The zero-order valence-electron chi connectivity index (χ0n) is 17.9. The van der Waals surface area contributed by atoms with Gasteiger partial charge in [-0.05, 0) is 41.1 Å². The van der Waals surface area contributed by atoms with Crippen molar-refractivity contribution in [3.8, 4) is 17.2 Å². The van der Waals surface area contributed by atoms with Crippen LogP contribution in [0.5, 0.6) is 17.2 Å². The molecule has 158 valence electrons. The molecule has 32 heavy (non-hydrogen) atoms. The maximum absolute atomic E-state index is 11.9. The lowest BCUT2D eigenvalue weighted by Gasteiger charge is -2.37. The number of ether oxygens (including phenoxy) is 3. The van der Waals surface area contributed by atoms with Crippen LogP contribution >= 0.6 is 0 Å². The van der Waals surface area contributed by atoms with Gasteiger partial charge in [0.05, 0.1) is 7.11 Å². The molecule has 0 amide bonds. The molecule has 1 atom stereocenters. The van der Waals surface area contributed by atoms with E-state index >= 15 is 0 Å².